The fourth-order valence-corrected chi connectivity index (χ4v) is 3.94. The van der Waals surface area contributed by atoms with Gasteiger partial charge in [0.25, 0.3) is 0 Å². The van der Waals surface area contributed by atoms with Crippen molar-refractivity contribution in [1.82, 2.24) is 15.2 Å². The molecule has 5 nitrogen and oxygen atoms in total. The van der Waals surface area contributed by atoms with Crippen LogP contribution in [0.3, 0.4) is 0 Å². The summed E-state index contributed by atoms with van der Waals surface area (Å²) in [7, 11) is 0. The summed E-state index contributed by atoms with van der Waals surface area (Å²) in [6.45, 7) is 0. The Morgan fingerprint density at radius 2 is 2.22 bits per heavy atom. The second kappa shape index (κ2) is 7.68. The number of aromatic nitrogens is 3. The van der Waals surface area contributed by atoms with Gasteiger partial charge in [-0.3, -0.25) is 9.89 Å². The lowest BCUT2D eigenvalue weighted by Crippen LogP contribution is -2.14. The van der Waals surface area contributed by atoms with Crippen LogP contribution in [0, 0.1) is 0 Å². The Morgan fingerprint density at radius 3 is 2.96 bits per heavy atom. The Morgan fingerprint density at radius 1 is 1.43 bits per heavy atom. The number of nitrogens with one attached hydrogen (secondary N) is 2. The molecule has 1 amide bonds. The van der Waals surface area contributed by atoms with Crippen molar-refractivity contribution < 1.29 is 4.79 Å². The van der Waals surface area contributed by atoms with Crippen LogP contribution >= 0.6 is 39.3 Å². The van der Waals surface area contributed by atoms with Crippen LogP contribution in [-0.2, 0) is 4.79 Å². The first-order chi connectivity index (χ1) is 11.1. The number of hydrogen-bond acceptors (Lipinski definition) is 4. The van der Waals surface area contributed by atoms with E-state index < -0.39 is 0 Å². The molecule has 0 atom stereocenters. The number of rotatable bonds is 5. The molecule has 0 saturated heterocycles. The highest BCUT2D eigenvalue weighted by Crippen LogP contribution is 2.32. The Labute approximate surface area is 152 Å². The van der Waals surface area contributed by atoms with Crippen molar-refractivity contribution in [2.24, 2.45) is 0 Å². The van der Waals surface area contributed by atoms with E-state index in [4.69, 9.17) is 11.6 Å². The van der Waals surface area contributed by atoms with E-state index in [1.807, 2.05) is 6.07 Å². The number of carbonyl (C=O) groups excluding carboxylic acids is 1. The van der Waals surface area contributed by atoms with Gasteiger partial charge in [0.05, 0.1) is 16.5 Å². The number of halogens is 2. The van der Waals surface area contributed by atoms with Crippen molar-refractivity contribution in [3.63, 3.8) is 0 Å². The summed E-state index contributed by atoms with van der Waals surface area (Å²) in [5, 5.41) is 11.1. The van der Waals surface area contributed by atoms with E-state index in [0.29, 0.717) is 21.8 Å². The lowest BCUT2D eigenvalue weighted by molar-refractivity contribution is -0.113. The van der Waals surface area contributed by atoms with E-state index in [9.17, 15) is 4.79 Å². The summed E-state index contributed by atoms with van der Waals surface area (Å²) in [6, 6.07) is 5.34. The van der Waals surface area contributed by atoms with Gasteiger partial charge in [-0.15, -0.1) is 5.10 Å². The zero-order chi connectivity index (χ0) is 16.2. The zero-order valence-electron chi connectivity index (χ0n) is 12.3. The summed E-state index contributed by atoms with van der Waals surface area (Å²) in [4.78, 5) is 16.5. The first-order valence-corrected chi connectivity index (χ1v) is 9.57. The lowest BCUT2D eigenvalue weighted by atomic mass is 10.1. The minimum atomic E-state index is -0.133. The second-order valence-electron chi connectivity index (χ2n) is 5.45. The van der Waals surface area contributed by atoms with Crippen LogP contribution in [0.5, 0.6) is 0 Å². The van der Waals surface area contributed by atoms with Crippen LogP contribution in [0.2, 0.25) is 5.02 Å². The maximum absolute atomic E-state index is 12.0. The molecular formula is C15H16BrClN4OS. The standard InChI is InChI=1S/C15H16BrClN4OS/c16-10-5-6-12(11(17)7-10)18-13(22)8-23-15-19-14(20-21-15)9-3-1-2-4-9/h5-7,9H,1-4,8H2,(H,18,22)(H,19,20,21). The molecule has 23 heavy (non-hydrogen) atoms. The Kier molecular flexibility index (Phi) is 5.61. The van der Waals surface area contributed by atoms with Gasteiger partial charge >= 0.3 is 0 Å². The topological polar surface area (TPSA) is 70.7 Å². The van der Waals surface area contributed by atoms with Crippen LogP contribution < -0.4 is 5.32 Å². The molecule has 1 aromatic carbocycles. The Bertz CT molecular complexity index is 703. The third kappa shape index (κ3) is 4.49. The zero-order valence-corrected chi connectivity index (χ0v) is 15.5. The van der Waals surface area contributed by atoms with Gasteiger partial charge in [-0.05, 0) is 31.0 Å². The van der Waals surface area contributed by atoms with Gasteiger partial charge in [0, 0.05) is 10.4 Å². The molecule has 1 saturated carbocycles. The smallest absolute Gasteiger partial charge is 0.234 e. The van der Waals surface area contributed by atoms with E-state index in [1.165, 1.54) is 37.4 Å². The van der Waals surface area contributed by atoms with Gasteiger partial charge in [-0.1, -0.05) is 52.1 Å². The normalized spacial score (nSPS) is 15.0. The van der Waals surface area contributed by atoms with Crippen molar-refractivity contribution in [2.45, 2.75) is 36.8 Å². The van der Waals surface area contributed by atoms with Gasteiger partial charge in [-0.2, -0.15) is 0 Å². The van der Waals surface area contributed by atoms with E-state index in [-0.39, 0.29) is 11.7 Å². The molecule has 1 aromatic heterocycles. The van der Waals surface area contributed by atoms with Gasteiger partial charge in [0.1, 0.15) is 5.82 Å². The van der Waals surface area contributed by atoms with Gasteiger partial charge in [0.15, 0.2) is 0 Å². The Balaban J connectivity index is 1.52. The molecule has 0 spiro atoms. The number of amides is 1. The van der Waals surface area contributed by atoms with Crippen LogP contribution in [0.15, 0.2) is 27.8 Å². The minimum Gasteiger partial charge on any atom is -0.324 e. The predicted octanol–water partition coefficient (Wildman–Crippen LogP) is 4.61. The van der Waals surface area contributed by atoms with E-state index >= 15 is 0 Å². The fraction of sp³-hybridized carbons (Fsp3) is 0.400. The highest BCUT2D eigenvalue weighted by Gasteiger charge is 2.20. The van der Waals surface area contributed by atoms with Gasteiger partial charge < -0.3 is 5.32 Å². The summed E-state index contributed by atoms with van der Waals surface area (Å²) >= 11 is 10.7. The average Bonchev–Trinajstić information content (AvgIpc) is 3.18. The summed E-state index contributed by atoms with van der Waals surface area (Å²) in [5.74, 6) is 1.55. The van der Waals surface area contributed by atoms with Crippen molar-refractivity contribution in [3.8, 4) is 0 Å². The van der Waals surface area contributed by atoms with Crippen LogP contribution in [0.1, 0.15) is 37.4 Å². The number of H-pyrrole nitrogens is 1. The van der Waals surface area contributed by atoms with E-state index in [2.05, 4.69) is 36.4 Å². The summed E-state index contributed by atoms with van der Waals surface area (Å²) in [5.41, 5.74) is 0.599. The molecule has 0 aliphatic heterocycles. The molecule has 0 bridgehead atoms. The fourth-order valence-electron chi connectivity index (χ4n) is 2.61. The molecular weight excluding hydrogens is 400 g/mol. The Hall–Kier alpha value is -1.05. The number of anilines is 1. The monoisotopic (exact) mass is 414 g/mol. The highest BCUT2D eigenvalue weighted by molar-refractivity contribution is 9.10. The molecule has 2 N–H and O–H groups in total. The average molecular weight is 416 g/mol. The van der Waals surface area contributed by atoms with Gasteiger partial charge in [-0.25, -0.2) is 4.98 Å². The van der Waals surface area contributed by atoms with Crippen molar-refractivity contribution >= 4 is 50.9 Å². The van der Waals surface area contributed by atoms with Crippen molar-refractivity contribution in [3.05, 3.63) is 33.5 Å². The maximum atomic E-state index is 12.0. The summed E-state index contributed by atoms with van der Waals surface area (Å²) in [6.07, 6.45) is 4.85. The third-order valence-corrected chi connectivity index (χ3v) is 5.41. The molecule has 2 aromatic rings. The molecule has 1 heterocycles. The van der Waals surface area contributed by atoms with E-state index in [0.717, 1.165) is 10.3 Å². The van der Waals surface area contributed by atoms with Crippen molar-refractivity contribution in [2.75, 3.05) is 11.1 Å². The number of thioether (sulfide) groups is 1. The molecule has 1 aliphatic rings. The molecule has 3 rings (SSSR count). The summed E-state index contributed by atoms with van der Waals surface area (Å²) < 4.78 is 0.870. The van der Waals surface area contributed by atoms with Crippen LogP contribution in [-0.4, -0.2) is 26.8 Å². The van der Waals surface area contributed by atoms with Crippen molar-refractivity contribution in [1.29, 1.82) is 0 Å². The van der Waals surface area contributed by atoms with E-state index in [1.54, 1.807) is 12.1 Å². The van der Waals surface area contributed by atoms with Gasteiger partial charge in [0.2, 0.25) is 11.1 Å². The minimum absolute atomic E-state index is 0.133. The quantitative estimate of drug-likeness (QED) is 0.700. The molecule has 0 radical (unpaired) electrons. The molecule has 122 valence electrons. The molecule has 0 unspecified atom stereocenters. The maximum Gasteiger partial charge on any atom is 0.234 e. The number of hydrogen-bond donors (Lipinski definition) is 2. The molecule has 1 fully saturated rings. The highest BCUT2D eigenvalue weighted by atomic mass is 79.9. The lowest BCUT2D eigenvalue weighted by Gasteiger charge is -2.06. The second-order valence-corrected chi connectivity index (χ2v) is 7.71. The first kappa shape index (κ1) is 16.8. The number of carbonyl (C=O) groups is 1. The number of aromatic amines is 1. The molecule has 1 aliphatic carbocycles. The number of benzene rings is 1. The number of nitrogens with zero attached hydrogens (tertiary/aromatic N) is 2. The SMILES string of the molecule is O=C(CSc1n[nH]c(C2CCCC2)n1)Nc1ccc(Br)cc1Cl. The first-order valence-electron chi connectivity index (χ1n) is 7.42. The predicted molar refractivity (Wildman–Crippen MR) is 96.1 cm³/mol. The van der Waals surface area contributed by atoms with Crippen LogP contribution in [0.4, 0.5) is 5.69 Å². The van der Waals surface area contributed by atoms with Crippen LogP contribution in [0.25, 0.3) is 0 Å². The largest absolute Gasteiger partial charge is 0.324 e. The molecule has 8 heteroatoms. The third-order valence-electron chi connectivity index (χ3n) is 3.76.